The Morgan fingerprint density at radius 2 is 1.82 bits per heavy atom. The van der Waals surface area contributed by atoms with Crippen LogP contribution in [0.4, 0.5) is 0 Å². The summed E-state index contributed by atoms with van der Waals surface area (Å²) < 4.78 is 0. The number of hydrogen-bond donors (Lipinski definition) is 3. The van der Waals surface area contributed by atoms with Gasteiger partial charge in [-0.1, -0.05) is 20.8 Å². The maximum absolute atomic E-state index is 11.9. The van der Waals surface area contributed by atoms with E-state index in [1.54, 1.807) is 0 Å². The second-order valence-corrected chi connectivity index (χ2v) is 5.26. The molecule has 0 heterocycles. The van der Waals surface area contributed by atoms with Gasteiger partial charge in [0.15, 0.2) is 11.5 Å². The molecule has 0 aliphatic carbocycles. The Bertz CT molecular complexity index is 421. The molecule has 1 amide bonds. The Kier molecular flexibility index (Phi) is 3.66. The first-order valence-electron chi connectivity index (χ1n) is 5.54. The number of nitrogens with one attached hydrogen (secondary N) is 1. The van der Waals surface area contributed by atoms with Gasteiger partial charge in [-0.25, -0.2) is 0 Å². The molecule has 0 radical (unpaired) electrons. The van der Waals surface area contributed by atoms with Crippen LogP contribution in [0, 0.1) is 5.41 Å². The molecule has 0 bridgehead atoms. The molecule has 3 N–H and O–H groups in total. The maximum atomic E-state index is 11.9. The second-order valence-electron chi connectivity index (χ2n) is 5.26. The molecular weight excluding hydrogens is 218 g/mol. The number of rotatable bonds is 2. The van der Waals surface area contributed by atoms with Crippen molar-refractivity contribution in [2.24, 2.45) is 5.41 Å². The van der Waals surface area contributed by atoms with E-state index in [4.69, 9.17) is 5.11 Å². The fourth-order valence-electron chi connectivity index (χ4n) is 1.16. The van der Waals surface area contributed by atoms with Crippen LogP contribution in [0.1, 0.15) is 38.1 Å². The molecule has 4 nitrogen and oxygen atoms in total. The molecule has 94 valence electrons. The van der Waals surface area contributed by atoms with Crippen molar-refractivity contribution in [3.63, 3.8) is 0 Å². The lowest BCUT2D eigenvalue weighted by atomic mass is 9.88. The van der Waals surface area contributed by atoms with E-state index in [9.17, 15) is 9.90 Å². The van der Waals surface area contributed by atoms with E-state index in [1.807, 2.05) is 27.7 Å². The Morgan fingerprint density at radius 1 is 1.24 bits per heavy atom. The molecule has 0 aliphatic rings. The third-order valence-corrected chi connectivity index (χ3v) is 2.88. The fourth-order valence-corrected chi connectivity index (χ4v) is 1.16. The number of carbonyl (C=O) groups is 1. The van der Waals surface area contributed by atoms with E-state index in [0.29, 0.717) is 5.56 Å². The van der Waals surface area contributed by atoms with E-state index in [2.05, 4.69) is 5.32 Å². The summed E-state index contributed by atoms with van der Waals surface area (Å²) in [5.74, 6) is -0.783. The maximum Gasteiger partial charge on any atom is 0.251 e. The zero-order valence-electron chi connectivity index (χ0n) is 10.6. The molecule has 1 aromatic rings. The molecule has 1 unspecified atom stereocenters. The first-order chi connectivity index (χ1) is 7.71. The van der Waals surface area contributed by atoms with Gasteiger partial charge < -0.3 is 15.5 Å². The van der Waals surface area contributed by atoms with Crippen molar-refractivity contribution in [2.75, 3.05) is 0 Å². The van der Waals surface area contributed by atoms with Crippen molar-refractivity contribution in [2.45, 2.75) is 33.7 Å². The van der Waals surface area contributed by atoms with E-state index in [0.717, 1.165) is 0 Å². The smallest absolute Gasteiger partial charge is 0.251 e. The van der Waals surface area contributed by atoms with E-state index in [-0.39, 0.29) is 28.9 Å². The zero-order chi connectivity index (χ0) is 13.2. The lowest BCUT2D eigenvalue weighted by molar-refractivity contribution is 0.0909. The Balaban J connectivity index is 2.80. The van der Waals surface area contributed by atoms with Gasteiger partial charge in [0.05, 0.1) is 0 Å². The van der Waals surface area contributed by atoms with E-state index >= 15 is 0 Å². The minimum absolute atomic E-state index is 0.00551. The fraction of sp³-hybridized carbons (Fsp3) is 0.462. The number of benzene rings is 1. The topological polar surface area (TPSA) is 69.6 Å². The summed E-state index contributed by atoms with van der Waals surface area (Å²) in [6.07, 6.45) is 0. The average Bonchev–Trinajstić information content (AvgIpc) is 2.20. The van der Waals surface area contributed by atoms with Crippen molar-refractivity contribution in [1.82, 2.24) is 5.32 Å². The van der Waals surface area contributed by atoms with Crippen LogP contribution in [0.25, 0.3) is 0 Å². The molecule has 0 spiro atoms. The zero-order valence-corrected chi connectivity index (χ0v) is 10.6. The van der Waals surface area contributed by atoms with E-state index in [1.165, 1.54) is 18.2 Å². The predicted molar refractivity (Wildman–Crippen MR) is 66.2 cm³/mol. The number of amides is 1. The Labute approximate surface area is 101 Å². The lowest BCUT2D eigenvalue weighted by Gasteiger charge is -2.28. The monoisotopic (exact) mass is 237 g/mol. The van der Waals surface area contributed by atoms with Gasteiger partial charge in [-0.2, -0.15) is 0 Å². The molecule has 0 fully saturated rings. The molecule has 1 rings (SSSR count). The van der Waals surface area contributed by atoms with Crippen LogP contribution >= 0.6 is 0 Å². The van der Waals surface area contributed by atoms with Crippen molar-refractivity contribution in [1.29, 1.82) is 0 Å². The molecule has 0 aliphatic heterocycles. The van der Waals surface area contributed by atoms with Crippen LogP contribution in [0.5, 0.6) is 11.5 Å². The van der Waals surface area contributed by atoms with E-state index < -0.39 is 0 Å². The number of aromatic hydroxyl groups is 2. The van der Waals surface area contributed by atoms with Crippen molar-refractivity contribution in [3.05, 3.63) is 23.8 Å². The second kappa shape index (κ2) is 4.65. The SMILES string of the molecule is CC(NC(=O)c1ccc(O)c(O)c1)C(C)(C)C. The minimum atomic E-state index is -0.291. The van der Waals surface area contributed by atoms with Crippen LogP contribution < -0.4 is 5.32 Å². The molecule has 0 aromatic heterocycles. The summed E-state index contributed by atoms with van der Waals surface area (Å²) in [5.41, 5.74) is 0.297. The first-order valence-corrected chi connectivity index (χ1v) is 5.54. The van der Waals surface area contributed by atoms with Gasteiger partial charge in [-0.05, 0) is 30.5 Å². The first kappa shape index (κ1) is 13.4. The predicted octanol–water partition coefficient (Wildman–Crippen LogP) is 2.26. The summed E-state index contributed by atoms with van der Waals surface area (Å²) in [6.45, 7) is 8.03. The summed E-state index contributed by atoms with van der Waals surface area (Å²) in [4.78, 5) is 11.9. The number of phenols is 2. The molecule has 0 saturated carbocycles. The standard InChI is InChI=1S/C13H19NO3/c1-8(13(2,3)4)14-12(17)9-5-6-10(15)11(16)7-9/h5-8,15-16H,1-4H3,(H,14,17). The Hall–Kier alpha value is -1.71. The number of phenolic OH excluding ortho intramolecular Hbond substituents is 2. The summed E-state index contributed by atoms with van der Waals surface area (Å²) in [5, 5.41) is 21.3. The number of hydrogen-bond acceptors (Lipinski definition) is 3. The van der Waals surface area contributed by atoms with Crippen LogP contribution in [0.15, 0.2) is 18.2 Å². The average molecular weight is 237 g/mol. The summed E-state index contributed by atoms with van der Waals surface area (Å²) >= 11 is 0. The highest BCUT2D eigenvalue weighted by Gasteiger charge is 2.22. The van der Waals surface area contributed by atoms with Crippen LogP contribution in [-0.2, 0) is 0 Å². The van der Waals surface area contributed by atoms with Crippen molar-refractivity contribution >= 4 is 5.91 Å². The van der Waals surface area contributed by atoms with Gasteiger partial charge >= 0.3 is 0 Å². The lowest BCUT2D eigenvalue weighted by Crippen LogP contribution is -2.41. The molecule has 0 saturated heterocycles. The molecule has 17 heavy (non-hydrogen) atoms. The summed E-state index contributed by atoms with van der Waals surface area (Å²) in [7, 11) is 0. The van der Waals surface area contributed by atoms with Gasteiger partial charge in [-0.3, -0.25) is 4.79 Å². The van der Waals surface area contributed by atoms with Gasteiger partial charge in [0.2, 0.25) is 0 Å². The van der Waals surface area contributed by atoms with Crippen molar-refractivity contribution in [3.8, 4) is 11.5 Å². The van der Waals surface area contributed by atoms with Crippen LogP contribution in [0.3, 0.4) is 0 Å². The highest BCUT2D eigenvalue weighted by molar-refractivity contribution is 5.95. The molecule has 1 aromatic carbocycles. The normalized spacial score (nSPS) is 13.2. The quantitative estimate of drug-likeness (QED) is 0.691. The van der Waals surface area contributed by atoms with Gasteiger partial charge in [0, 0.05) is 11.6 Å². The summed E-state index contributed by atoms with van der Waals surface area (Å²) in [6, 6.07) is 4.03. The largest absolute Gasteiger partial charge is 0.504 e. The molecule has 1 atom stereocenters. The molecular formula is C13H19NO3. The third-order valence-electron chi connectivity index (χ3n) is 2.88. The highest BCUT2D eigenvalue weighted by atomic mass is 16.3. The van der Waals surface area contributed by atoms with Gasteiger partial charge in [0.1, 0.15) is 0 Å². The molecule has 4 heteroatoms. The highest BCUT2D eigenvalue weighted by Crippen LogP contribution is 2.25. The minimum Gasteiger partial charge on any atom is -0.504 e. The number of carbonyl (C=O) groups excluding carboxylic acids is 1. The Morgan fingerprint density at radius 3 is 2.29 bits per heavy atom. The van der Waals surface area contributed by atoms with Crippen LogP contribution in [-0.4, -0.2) is 22.2 Å². The van der Waals surface area contributed by atoms with Gasteiger partial charge in [0.25, 0.3) is 5.91 Å². The van der Waals surface area contributed by atoms with Crippen molar-refractivity contribution < 1.29 is 15.0 Å². The third kappa shape index (κ3) is 3.37. The van der Waals surface area contributed by atoms with Gasteiger partial charge in [-0.15, -0.1) is 0 Å². The van der Waals surface area contributed by atoms with Crippen LogP contribution in [0.2, 0.25) is 0 Å².